The van der Waals surface area contributed by atoms with E-state index in [4.69, 9.17) is 0 Å². The van der Waals surface area contributed by atoms with Gasteiger partial charge in [-0.15, -0.1) is 0 Å². The van der Waals surface area contributed by atoms with E-state index < -0.39 is 10.0 Å². The Kier molecular flexibility index (Phi) is 3.01. The molecule has 0 bridgehead atoms. The minimum absolute atomic E-state index is 0.0521. The molecule has 0 rings (SSSR count). The van der Waals surface area contributed by atoms with Gasteiger partial charge in [0.1, 0.15) is 0 Å². The Balaban J connectivity index is 3.42. The lowest BCUT2D eigenvalue weighted by molar-refractivity contribution is 0.595. The Labute approximate surface area is 49.9 Å². The summed E-state index contributed by atoms with van der Waals surface area (Å²) in [6.45, 7) is 3.47. The molecule has 0 saturated carbocycles. The lowest BCUT2D eigenvalue weighted by Crippen LogP contribution is -2.15. The number of hydrogen-bond acceptors (Lipinski definition) is 2. The van der Waals surface area contributed by atoms with E-state index in [9.17, 15) is 8.42 Å². The van der Waals surface area contributed by atoms with Crippen LogP contribution < -0.4 is 5.14 Å². The average molecular weight is 136 g/mol. The molecule has 0 aromatic carbocycles. The summed E-state index contributed by atoms with van der Waals surface area (Å²) in [5.74, 6) is 0.0521. The quantitative estimate of drug-likeness (QED) is 0.588. The minimum Gasteiger partial charge on any atom is -0.229 e. The molecule has 8 heavy (non-hydrogen) atoms. The monoisotopic (exact) mass is 136 g/mol. The van der Waals surface area contributed by atoms with E-state index in [1.54, 1.807) is 0 Å². The molecule has 0 aliphatic rings. The number of hydrogen-bond donors (Lipinski definition) is 1. The minimum atomic E-state index is -3.23. The van der Waals surface area contributed by atoms with Crippen molar-refractivity contribution in [3.63, 3.8) is 0 Å². The largest absolute Gasteiger partial charge is 0.229 e. The third kappa shape index (κ3) is 5.91. The van der Waals surface area contributed by atoms with E-state index in [0.29, 0.717) is 12.8 Å². The molecule has 0 amide bonds. The van der Waals surface area contributed by atoms with Crippen LogP contribution in [0, 0.1) is 6.92 Å². The molecule has 0 aromatic heterocycles. The average Bonchev–Trinajstić information content (AvgIpc) is 1.59. The molecule has 3 nitrogen and oxygen atoms in total. The van der Waals surface area contributed by atoms with Crippen molar-refractivity contribution < 1.29 is 8.42 Å². The Bertz CT molecular complexity index is 138. The molecule has 0 saturated heterocycles. The Morgan fingerprint density at radius 2 is 2.00 bits per heavy atom. The highest BCUT2D eigenvalue weighted by molar-refractivity contribution is 7.89. The van der Waals surface area contributed by atoms with Gasteiger partial charge in [-0.1, -0.05) is 13.3 Å². The van der Waals surface area contributed by atoms with Gasteiger partial charge in [0.15, 0.2) is 0 Å². The Morgan fingerprint density at radius 3 is 2.12 bits per heavy atom. The summed E-state index contributed by atoms with van der Waals surface area (Å²) < 4.78 is 20.3. The fourth-order valence-electron chi connectivity index (χ4n) is 0.303. The van der Waals surface area contributed by atoms with Gasteiger partial charge in [-0.05, 0) is 6.42 Å². The number of primary sulfonamides is 1. The van der Waals surface area contributed by atoms with Gasteiger partial charge in [0, 0.05) is 0 Å². The molecule has 2 N–H and O–H groups in total. The molecule has 0 aliphatic carbocycles. The molecular weight excluding hydrogens is 126 g/mol. The van der Waals surface area contributed by atoms with Crippen LogP contribution in [0.3, 0.4) is 0 Å². The first kappa shape index (κ1) is 7.91. The van der Waals surface area contributed by atoms with Crippen LogP contribution in [0.4, 0.5) is 0 Å². The summed E-state index contributed by atoms with van der Waals surface area (Å²) in [7, 11) is -3.23. The van der Waals surface area contributed by atoms with Crippen LogP contribution in [0.15, 0.2) is 0 Å². The summed E-state index contributed by atoms with van der Waals surface area (Å²) in [6, 6.07) is 0. The fourth-order valence-corrected chi connectivity index (χ4v) is 0.910. The molecule has 0 heterocycles. The standard InChI is InChI=1S/C4H10NO2S/c1-2-3-4-8(5,6)7/h1-4H2,(H2,5,6,7). The number of sulfonamides is 1. The highest BCUT2D eigenvalue weighted by atomic mass is 32.2. The van der Waals surface area contributed by atoms with Crippen LogP contribution in [0.25, 0.3) is 0 Å². The maximum atomic E-state index is 10.1. The summed E-state index contributed by atoms with van der Waals surface area (Å²) in [5.41, 5.74) is 0. The fraction of sp³-hybridized carbons (Fsp3) is 0.750. The van der Waals surface area contributed by atoms with Crippen molar-refractivity contribution in [2.24, 2.45) is 5.14 Å². The zero-order valence-electron chi connectivity index (χ0n) is 4.63. The van der Waals surface area contributed by atoms with Crippen LogP contribution >= 0.6 is 0 Å². The van der Waals surface area contributed by atoms with Gasteiger partial charge in [-0.25, -0.2) is 13.6 Å². The summed E-state index contributed by atoms with van der Waals surface area (Å²) in [6.07, 6.45) is 1.18. The summed E-state index contributed by atoms with van der Waals surface area (Å²) in [4.78, 5) is 0. The normalized spacial score (nSPS) is 11.8. The van der Waals surface area contributed by atoms with Crippen molar-refractivity contribution in [3.05, 3.63) is 6.92 Å². The number of rotatable bonds is 3. The predicted molar refractivity (Wildman–Crippen MR) is 32.6 cm³/mol. The lowest BCUT2D eigenvalue weighted by Gasteiger charge is -1.91. The molecule has 49 valence electrons. The Hall–Kier alpha value is -0.0900. The van der Waals surface area contributed by atoms with Crippen molar-refractivity contribution in [1.82, 2.24) is 0 Å². The molecule has 0 spiro atoms. The second-order valence-corrected chi connectivity index (χ2v) is 3.31. The van der Waals surface area contributed by atoms with E-state index in [2.05, 4.69) is 12.1 Å². The van der Waals surface area contributed by atoms with Crippen molar-refractivity contribution in [3.8, 4) is 0 Å². The van der Waals surface area contributed by atoms with Crippen molar-refractivity contribution in [1.29, 1.82) is 0 Å². The molecule has 4 heteroatoms. The molecule has 0 aromatic rings. The van der Waals surface area contributed by atoms with Gasteiger partial charge < -0.3 is 0 Å². The van der Waals surface area contributed by atoms with Crippen LogP contribution in [0.5, 0.6) is 0 Å². The van der Waals surface area contributed by atoms with E-state index in [1.165, 1.54) is 0 Å². The number of nitrogens with two attached hydrogens (primary N) is 1. The molecular formula is C4H10NO2S. The van der Waals surface area contributed by atoms with Crippen LogP contribution in [0.1, 0.15) is 12.8 Å². The van der Waals surface area contributed by atoms with E-state index in [0.717, 1.165) is 0 Å². The van der Waals surface area contributed by atoms with Crippen LogP contribution in [-0.4, -0.2) is 14.2 Å². The van der Waals surface area contributed by atoms with Gasteiger partial charge in [-0.2, -0.15) is 0 Å². The zero-order valence-corrected chi connectivity index (χ0v) is 5.45. The van der Waals surface area contributed by atoms with Gasteiger partial charge >= 0.3 is 0 Å². The van der Waals surface area contributed by atoms with E-state index in [1.807, 2.05) is 0 Å². The summed E-state index contributed by atoms with van der Waals surface area (Å²) in [5, 5.41) is 4.67. The van der Waals surface area contributed by atoms with Crippen molar-refractivity contribution in [2.45, 2.75) is 12.8 Å². The first-order chi connectivity index (χ1) is 3.56. The third-order valence-electron chi connectivity index (χ3n) is 0.679. The van der Waals surface area contributed by atoms with Crippen molar-refractivity contribution >= 4 is 10.0 Å². The molecule has 0 unspecified atom stereocenters. The van der Waals surface area contributed by atoms with E-state index in [-0.39, 0.29) is 5.75 Å². The van der Waals surface area contributed by atoms with Gasteiger partial charge in [0.2, 0.25) is 10.0 Å². The van der Waals surface area contributed by atoms with Crippen LogP contribution in [-0.2, 0) is 10.0 Å². The molecule has 0 fully saturated rings. The highest BCUT2D eigenvalue weighted by Gasteiger charge is 1.98. The lowest BCUT2D eigenvalue weighted by atomic mass is 10.4. The maximum absolute atomic E-state index is 10.1. The zero-order chi connectivity index (χ0) is 6.62. The topological polar surface area (TPSA) is 60.2 Å². The third-order valence-corrected chi connectivity index (χ3v) is 1.54. The van der Waals surface area contributed by atoms with E-state index >= 15 is 0 Å². The Morgan fingerprint density at radius 1 is 1.50 bits per heavy atom. The SMILES string of the molecule is [CH2]CCCS(N)(=O)=O. The predicted octanol–water partition coefficient (Wildman–Crippen LogP) is -0.111. The first-order valence-electron chi connectivity index (χ1n) is 2.36. The second kappa shape index (κ2) is 3.04. The van der Waals surface area contributed by atoms with Gasteiger partial charge in [0.05, 0.1) is 5.75 Å². The van der Waals surface area contributed by atoms with Crippen LogP contribution in [0.2, 0.25) is 0 Å². The maximum Gasteiger partial charge on any atom is 0.209 e. The molecule has 0 atom stereocenters. The van der Waals surface area contributed by atoms with Gasteiger partial charge in [-0.3, -0.25) is 0 Å². The molecule has 1 radical (unpaired) electrons. The summed E-state index contributed by atoms with van der Waals surface area (Å²) >= 11 is 0. The highest BCUT2D eigenvalue weighted by Crippen LogP contribution is 1.88. The van der Waals surface area contributed by atoms with Crippen molar-refractivity contribution in [2.75, 3.05) is 5.75 Å². The second-order valence-electron chi connectivity index (χ2n) is 1.57. The molecule has 0 aliphatic heterocycles. The van der Waals surface area contributed by atoms with Gasteiger partial charge in [0.25, 0.3) is 0 Å². The first-order valence-corrected chi connectivity index (χ1v) is 4.07. The number of unbranched alkanes of at least 4 members (excludes halogenated alkanes) is 1. The smallest absolute Gasteiger partial charge is 0.209 e.